The number of piperidine rings is 1. The molecule has 4 nitrogen and oxygen atoms in total. The van der Waals surface area contributed by atoms with E-state index in [-0.39, 0.29) is 17.9 Å². The van der Waals surface area contributed by atoms with E-state index in [0.717, 1.165) is 19.5 Å². The number of benzene rings is 1. The molecule has 0 bridgehead atoms. The molecular formula is C16H22F3N3O. The lowest BCUT2D eigenvalue weighted by molar-refractivity contribution is -0.0506. The van der Waals surface area contributed by atoms with E-state index in [2.05, 4.69) is 26.9 Å². The summed E-state index contributed by atoms with van der Waals surface area (Å²) in [7, 11) is 1.65. The van der Waals surface area contributed by atoms with Crippen LogP contribution in [0.5, 0.6) is 5.75 Å². The Morgan fingerprint density at radius 2 is 2.26 bits per heavy atom. The van der Waals surface area contributed by atoms with Crippen LogP contribution in [-0.2, 0) is 6.54 Å². The number of guanidine groups is 1. The topological polar surface area (TPSA) is 36.9 Å². The molecule has 1 aliphatic rings. The third kappa shape index (κ3) is 4.77. The summed E-state index contributed by atoms with van der Waals surface area (Å²) in [5.74, 6) is 0.462. The highest BCUT2D eigenvalue weighted by atomic mass is 19.3. The maximum Gasteiger partial charge on any atom is 0.387 e. The number of alkyl halides is 2. The summed E-state index contributed by atoms with van der Waals surface area (Å²) in [6, 6.07) is 3.90. The van der Waals surface area contributed by atoms with E-state index in [0.29, 0.717) is 11.9 Å². The van der Waals surface area contributed by atoms with Crippen LogP contribution in [0.25, 0.3) is 0 Å². The van der Waals surface area contributed by atoms with Crippen molar-refractivity contribution < 1.29 is 17.9 Å². The number of hydrogen-bond donors (Lipinski definition) is 1. The summed E-state index contributed by atoms with van der Waals surface area (Å²) in [5.41, 5.74) is 0.0685. The minimum Gasteiger partial charge on any atom is -0.434 e. The Kier molecular flexibility index (Phi) is 6.12. The van der Waals surface area contributed by atoms with E-state index < -0.39 is 12.4 Å². The fourth-order valence-corrected chi connectivity index (χ4v) is 2.80. The Morgan fingerprint density at radius 1 is 1.48 bits per heavy atom. The SMILES string of the molecule is CN=C(NCc1c(F)cccc1OC(F)F)N1CCCC(C)C1. The first kappa shape index (κ1) is 17.4. The molecule has 0 aromatic heterocycles. The van der Waals surface area contributed by atoms with E-state index >= 15 is 0 Å². The number of nitrogens with zero attached hydrogens (tertiary/aromatic N) is 2. The normalized spacial score (nSPS) is 19.1. The Balaban J connectivity index is 2.07. The maximum absolute atomic E-state index is 13.9. The van der Waals surface area contributed by atoms with Crippen LogP contribution in [0.4, 0.5) is 13.2 Å². The first-order chi connectivity index (χ1) is 11.0. The van der Waals surface area contributed by atoms with Gasteiger partial charge in [-0.25, -0.2) is 4.39 Å². The maximum atomic E-state index is 13.9. The standard InChI is InChI=1S/C16H22F3N3O/c1-11-5-4-8-22(10-11)16(20-2)21-9-12-13(17)6-3-7-14(12)23-15(18)19/h3,6-7,11,15H,4-5,8-10H2,1-2H3,(H,20,21). The van der Waals surface area contributed by atoms with Crippen LogP contribution in [-0.4, -0.2) is 37.6 Å². The molecule has 0 spiro atoms. The Hall–Kier alpha value is -1.92. The van der Waals surface area contributed by atoms with Crippen molar-refractivity contribution in [3.8, 4) is 5.75 Å². The molecule has 1 heterocycles. The smallest absolute Gasteiger partial charge is 0.387 e. The van der Waals surface area contributed by atoms with Gasteiger partial charge < -0.3 is 15.0 Å². The molecule has 7 heteroatoms. The highest BCUT2D eigenvalue weighted by Crippen LogP contribution is 2.23. The first-order valence-electron chi connectivity index (χ1n) is 7.69. The number of nitrogens with one attached hydrogen (secondary N) is 1. The van der Waals surface area contributed by atoms with Crippen molar-refractivity contribution in [1.29, 1.82) is 0 Å². The van der Waals surface area contributed by atoms with Gasteiger partial charge in [-0.1, -0.05) is 13.0 Å². The van der Waals surface area contributed by atoms with Gasteiger partial charge in [-0.15, -0.1) is 0 Å². The Morgan fingerprint density at radius 3 is 2.91 bits per heavy atom. The molecule has 0 amide bonds. The van der Waals surface area contributed by atoms with Gasteiger partial charge in [-0.2, -0.15) is 8.78 Å². The molecule has 1 aliphatic heterocycles. The van der Waals surface area contributed by atoms with Gasteiger partial charge in [0.1, 0.15) is 11.6 Å². The average Bonchev–Trinajstić information content (AvgIpc) is 2.50. The molecule has 128 valence electrons. The van der Waals surface area contributed by atoms with Crippen LogP contribution in [0.3, 0.4) is 0 Å². The summed E-state index contributed by atoms with van der Waals surface area (Å²) in [6.07, 6.45) is 2.24. The predicted molar refractivity (Wildman–Crippen MR) is 83.2 cm³/mol. The minimum absolute atomic E-state index is 0.0340. The molecule has 23 heavy (non-hydrogen) atoms. The van der Waals surface area contributed by atoms with Gasteiger partial charge in [0.2, 0.25) is 0 Å². The summed E-state index contributed by atoms with van der Waals surface area (Å²) in [6.45, 7) is 0.966. The number of aliphatic imine (C=N–C) groups is 1. The second-order valence-electron chi connectivity index (χ2n) is 5.69. The van der Waals surface area contributed by atoms with Crippen molar-refractivity contribution in [2.24, 2.45) is 10.9 Å². The number of halogens is 3. The van der Waals surface area contributed by atoms with Gasteiger partial charge in [-0.05, 0) is 30.9 Å². The molecule has 0 aliphatic carbocycles. The zero-order valence-corrected chi connectivity index (χ0v) is 13.4. The van der Waals surface area contributed by atoms with Crippen LogP contribution in [0.1, 0.15) is 25.3 Å². The number of ether oxygens (including phenoxy) is 1. The van der Waals surface area contributed by atoms with E-state index in [1.807, 2.05) is 0 Å². The lowest BCUT2D eigenvalue weighted by Gasteiger charge is -2.33. The molecule has 1 saturated heterocycles. The number of hydrogen-bond acceptors (Lipinski definition) is 2. The third-order valence-electron chi connectivity index (χ3n) is 3.88. The van der Waals surface area contributed by atoms with Crippen LogP contribution < -0.4 is 10.1 Å². The first-order valence-corrected chi connectivity index (χ1v) is 7.69. The van der Waals surface area contributed by atoms with E-state index in [9.17, 15) is 13.2 Å². The van der Waals surface area contributed by atoms with Gasteiger partial charge in [0, 0.05) is 32.2 Å². The molecule has 1 fully saturated rings. The molecule has 0 radical (unpaired) electrons. The predicted octanol–water partition coefficient (Wildman–Crippen LogP) is 3.23. The van der Waals surface area contributed by atoms with Crippen molar-refractivity contribution >= 4 is 5.96 Å². The van der Waals surface area contributed by atoms with Gasteiger partial charge in [0.05, 0.1) is 0 Å². The van der Waals surface area contributed by atoms with E-state index in [4.69, 9.17) is 0 Å². The highest BCUT2D eigenvalue weighted by Gasteiger charge is 2.20. The van der Waals surface area contributed by atoms with E-state index in [1.165, 1.54) is 24.6 Å². The molecule has 1 unspecified atom stereocenters. The quantitative estimate of drug-likeness (QED) is 0.681. The highest BCUT2D eigenvalue weighted by molar-refractivity contribution is 5.80. The summed E-state index contributed by atoms with van der Waals surface area (Å²) >= 11 is 0. The monoisotopic (exact) mass is 329 g/mol. The van der Waals surface area contributed by atoms with Crippen LogP contribution in [0.2, 0.25) is 0 Å². The molecule has 1 N–H and O–H groups in total. The molecule has 0 saturated carbocycles. The summed E-state index contributed by atoms with van der Waals surface area (Å²) in [4.78, 5) is 6.30. The van der Waals surface area contributed by atoms with E-state index in [1.54, 1.807) is 7.05 Å². The molecule has 1 aromatic carbocycles. The van der Waals surface area contributed by atoms with Crippen molar-refractivity contribution in [2.45, 2.75) is 32.9 Å². The largest absolute Gasteiger partial charge is 0.434 e. The summed E-state index contributed by atoms with van der Waals surface area (Å²) < 4.78 is 43.2. The number of rotatable bonds is 4. The van der Waals surface area contributed by atoms with Crippen molar-refractivity contribution in [1.82, 2.24) is 10.2 Å². The Bertz CT molecular complexity index is 551. The van der Waals surface area contributed by atoms with Crippen LogP contribution >= 0.6 is 0 Å². The van der Waals surface area contributed by atoms with Crippen molar-refractivity contribution in [3.05, 3.63) is 29.6 Å². The molecule has 1 atom stereocenters. The zero-order valence-electron chi connectivity index (χ0n) is 13.4. The molecule has 1 aromatic rings. The van der Waals surface area contributed by atoms with Gasteiger partial charge in [0.15, 0.2) is 5.96 Å². The summed E-state index contributed by atoms with van der Waals surface area (Å²) in [5, 5.41) is 3.04. The second kappa shape index (κ2) is 8.08. The van der Waals surface area contributed by atoms with Gasteiger partial charge >= 0.3 is 6.61 Å². The van der Waals surface area contributed by atoms with Crippen molar-refractivity contribution in [3.63, 3.8) is 0 Å². The molecular weight excluding hydrogens is 307 g/mol. The van der Waals surface area contributed by atoms with Crippen LogP contribution in [0, 0.1) is 11.7 Å². The lowest BCUT2D eigenvalue weighted by atomic mass is 10.0. The molecule has 2 rings (SSSR count). The average molecular weight is 329 g/mol. The third-order valence-corrected chi connectivity index (χ3v) is 3.88. The lowest BCUT2D eigenvalue weighted by Crippen LogP contribution is -2.46. The van der Waals surface area contributed by atoms with Gasteiger partial charge in [-0.3, -0.25) is 4.99 Å². The van der Waals surface area contributed by atoms with Crippen LogP contribution in [0.15, 0.2) is 23.2 Å². The minimum atomic E-state index is -2.99. The fourth-order valence-electron chi connectivity index (χ4n) is 2.80. The van der Waals surface area contributed by atoms with Gasteiger partial charge in [0.25, 0.3) is 0 Å². The zero-order chi connectivity index (χ0) is 16.8. The van der Waals surface area contributed by atoms with Crippen molar-refractivity contribution in [2.75, 3.05) is 20.1 Å². The fraction of sp³-hybridized carbons (Fsp3) is 0.562. The second-order valence-corrected chi connectivity index (χ2v) is 5.69. The Labute approximate surface area is 134 Å². The number of likely N-dealkylation sites (tertiary alicyclic amines) is 1.